The van der Waals surface area contributed by atoms with Crippen LogP contribution in [0.25, 0.3) is 0 Å². The lowest BCUT2D eigenvalue weighted by atomic mass is 10.0. The van der Waals surface area contributed by atoms with Gasteiger partial charge in [0, 0.05) is 37.1 Å². The third kappa shape index (κ3) is 4.70. The highest BCUT2D eigenvalue weighted by Crippen LogP contribution is 2.29. The molecule has 0 aliphatic rings. The molecule has 0 radical (unpaired) electrons. The number of hydrogen-bond donors (Lipinski definition) is 1. The third-order valence-electron chi connectivity index (χ3n) is 4.29. The fraction of sp³-hybridized carbons (Fsp3) is 0.200. The second kappa shape index (κ2) is 8.87. The maximum atomic E-state index is 12.6. The highest BCUT2D eigenvalue weighted by Gasteiger charge is 2.24. The lowest BCUT2D eigenvalue weighted by Gasteiger charge is -2.21. The van der Waals surface area contributed by atoms with E-state index in [0.29, 0.717) is 17.3 Å². The van der Waals surface area contributed by atoms with Crippen molar-refractivity contribution in [2.45, 2.75) is 6.04 Å². The van der Waals surface area contributed by atoms with E-state index in [1.807, 2.05) is 35.9 Å². The minimum Gasteiger partial charge on any atom is -0.496 e. The summed E-state index contributed by atoms with van der Waals surface area (Å²) in [6.45, 7) is -0.256. The second-order valence-corrected chi connectivity index (χ2v) is 6.18. The average molecular weight is 396 g/mol. The Bertz CT molecular complexity index is 1000. The first-order valence-electron chi connectivity index (χ1n) is 8.76. The van der Waals surface area contributed by atoms with E-state index in [2.05, 4.69) is 10.3 Å². The number of ether oxygens (including phenoxy) is 2. The summed E-state index contributed by atoms with van der Waals surface area (Å²) >= 11 is 0. The minimum atomic E-state index is -0.542. The zero-order valence-electron chi connectivity index (χ0n) is 15.9. The molecule has 1 amide bonds. The van der Waals surface area contributed by atoms with Gasteiger partial charge in [0.2, 0.25) is 0 Å². The van der Waals surface area contributed by atoms with E-state index >= 15 is 0 Å². The normalized spacial score (nSPS) is 11.5. The molecule has 1 unspecified atom stereocenters. The molecule has 0 aliphatic carbocycles. The molecule has 0 fully saturated rings. The Morgan fingerprint density at radius 1 is 1.24 bits per heavy atom. The number of imidazole rings is 1. The fourth-order valence-electron chi connectivity index (χ4n) is 2.86. The molecule has 3 aromatic rings. The number of benzene rings is 2. The predicted octanol–water partition coefficient (Wildman–Crippen LogP) is 2.62. The quantitative estimate of drug-likeness (QED) is 0.463. The third-order valence-corrected chi connectivity index (χ3v) is 4.29. The average Bonchev–Trinajstić information content (AvgIpc) is 3.16. The number of amides is 1. The van der Waals surface area contributed by atoms with Gasteiger partial charge in [-0.25, -0.2) is 4.98 Å². The molecule has 0 saturated carbocycles. The number of nitrogens with zero attached hydrogens (tertiary/aromatic N) is 3. The molecule has 1 atom stereocenters. The lowest BCUT2D eigenvalue weighted by molar-refractivity contribution is -0.384. The molecule has 0 aliphatic heterocycles. The van der Waals surface area contributed by atoms with Crippen molar-refractivity contribution in [3.63, 3.8) is 0 Å². The van der Waals surface area contributed by atoms with E-state index in [1.54, 1.807) is 19.5 Å². The Morgan fingerprint density at radius 3 is 2.59 bits per heavy atom. The van der Waals surface area contributed by atoms with Crippen LogP contribution < -0.4 is 14.8 Å². The van der Waals surface area contributed by atoms with Gasteiger partial charge in [0.1, 0.15) is 23.4 Å². The molecule has 2 aromatic carbocycles. The number of nitro benzene ring substituents is 1. The number of aryl methyl sites for hydroxylation is 1. The first-order valence-corrected chi connectivity index (χ1v) is 8.76. The molecule has 9 heteroatoms. The topological polar surface area (TPSA) is 109 Å². The van der Waals surface area contributed by atoms with Crippen LogP contribution in [0, 0.1) is 10.1 Å². The summed E-state index contributed by atoms with van der Waals surface area (Å²) < 4.78 is 12.7. The van der Waals surface area contributed by atoms with E-state index in [9.17, 15) is 14.9 Å². The molecule has 0 saturated heterocycles. The summed E-state index contributed by atoms with van der Waals surface area (Å²) in [6.07, 6.45) is 3.44. The number of nitrogens with one attached hydrogen (secondary N) is 1. The molecule has 1 heterocycles. The van der Waals surface area contributed by atoms with Crippen molar-refractivity contribution in [2.24, 2.45) is 7.05 Å². The van der Waals surface area contributed by atoms with Gasteiger partial charge >= 0.3 is 0 Å². The zero-order chi connectivity index (χ0) is 20.8. The fourth-order valence-corrected chi connectivity index (χ4v) is 2.86. The van der Waals surface area contributed by atoms with Gasteiger partial charge in [0.05, 0.1) is 12.0 Å². The van der Waals surface area contributed by atoms with Crippen molar-refractivity contribution in [3.05, 3.63) is 82.4 Å². The van der Waals surface area contributed by atoms with Crippen molar-refractivity contribution in [3.8, 4) is 11.5 Å². The first-order chi connectivity index (χ1) is 14.0. The van der Waals surface area contributed by atoms with Crippen molar-refractivity contribution in [1.82, 2.24) is 14.9 Å². The van der Waals surface area contributed by atoms with E-state index in [4.69, 9.17) is 9.47 Å². The number of non-ortho nitro benzene ring substituents is 1. The largest absolute Gasteiger partial charge is 0.496 e. The summed E-state index contributed by atoms with van der Waals surface area (Å²) in [5, 5.41) is 13.6. The van der Waals surface area contributed by atoms with Crippen LogP contribution in [-0.4, -0.2) is 34.1 Å². The van der Waals surface area contributed by atoms with Crippen molar-refractivity contribution < 1.29 is 19.2 Å². The number of methoxy groups -OCH3 is 1. The maximum absolute atomic E-state index is 12.6. The van der Waals surface area contributed by atoms with Crippen LogP contribution in [0.5, 0.6) is 11.5 Å². The Kier molecular flexibility index (Phi) is 6.08. The van der Waals surface area contributed by atoms with Crippen LogP contribution in [-0.2, 0) is 11.8 Å². The Morgan fingerprint density at radius 2 is 1.97 bits per heavy atom. The van der Waals surface area contributed by atoms with Gasteiger partial charge in [0.25, 0.3) is 11.6 Å². The van der Waals surface area contributed by atoms with Crippen LogP contribution in [0.15, 0.2) is 60.9 Å². The standard InChI is InChI=1S/C20H20N4O5/c1-23-12-11-21-20(23)19(16-5-3-4-6-17(16)28-2)22-18(25)13-29-15-9-7-14(8-10-15)24(26)27/h3-12,19H,13H2,1-2H3,(H,22,25). The van der Waals surface area contributed by atoms with Gasteiger partial charge < -0.3 is 19.4 Å². The molecular formula is C20H20N4O5. The van der Waals surface area contributed by atoms with E-state index in [-0.39, 0.29) is 18.2 Å². The van der Waals surface area contributed by atoms with Gasteiger partial charge in [-0.2, -0.15) is 0 Å². The number of aromatic nitrogens is 2. The summed E-state index contributed by atoms with van der Waals surface area (Å²) in [5.74, 6) is 1.24. The SMILES string of the molecule is COc1ccccc1C(NC(=O)COc1ccc([N+](=O)[O-])cc1)c1nccn1C. The molecular weight excluding hydrogens is 376 g/mol. The lowest BCUT2D eigenvalue weighted by Crippen LogP contribution is -2.34. The Balaban J connectivity index is 1.75. The highest BCUT2D eigenvalue weighted by molar-refractivity contribution is 5.78. The maximum Gasteiger partial charge on any atom is 0.269 e. The number of nitro groups is 1. The van der Waals surface area contributed by atoms with Crippen LogP contribution in [0.1, 0.15) is 17.4 Å². The van der Waals surface area contributed by atoms with Crippen LogP contribution >= 0.6 is 0 Å². The van der Waals surface area contributed by atoms with E-state index in [1.165, 1.54) is 24.3 Å². The predicted molar refractivity (Wildman–Crippen MR) is 105 cm³/mol. The molecule has 3 rings (SSSR count). The number of para-hydroxylation sites is 1. The molecule has 9 nitrogen and oxygen atoms in total. The molecule has 29 heavy (non-hydrogen) atoms. The second-order valence-electron chi connectivity index (χ2n) is 6.18. The van der Waals surface area contributed by atoms with Crippen LogP contribution in [0.2, 0.25) is 0 Å². The zero-order valence-corrected chi connectivity index (χ0v) is 15.9. The van der Waals surface area contributed by atoms with Gasteiger partial charge in [-0.15, -0.1) is 0 Å². The molecule has 1 aromatic heterocycles. The Hall–Kier alpha value is -3.88. The van der Waals surface area contributed by atoms with Gasteiger partial charge in [0.15, 0.2) is 6.61 Å². The minimum absolute atomic E-state index is 0.0483. The van der Waals surface area contributed by atoms with Gasteiger partial charge in [-0.3, -0.25) is 14.9 Å². The van der Waals surface area contributed by atoms with Gasteiger partial charge in [-0.05, 0) is 18.2 Å². The van der Waals surface area contributed by atoms with Crippen LogP contribution in [0.4, 0.5) is 5.69 Å². The molecule has 0 bridgehead atoms. The summed E-state index contributed by atoms with van der Waals surface area (Å²) in [4.78, 5) is 27.1. The van der Waals surface area contributed by atoms with Crippen molar-refractivity contribution in [1.29, 1.82) is 0 Å². The smallest absolute Gasteiger partial charge is 0.269 e. The summed E-state index contributed by atoms with van der Waals surface area (Å²) in [7, 11) is 3.40. The van der Waals surface area contributed by atoms with E-state index < -0.39 is 11.0 Å². The van der Waals surface area contributed by atoms with E-state index in [0.717, 1.165) is 5.56 Å². The first kappa shape index (κ1) is 19.9. The molecule has 0 spiro atoms. The molecule has 1 N–H and O–H groups in total. The number of rotatable bonds is 8. The van der Waals surface area contributed by atoms with Gasteiger partial charge in [-0.1, -0.05) is 18.2 Å². The molecule has 150 valence electrons. The number of carbonyl (C=O) groups excluding carboxylic acids is 1. The summed E-state index contributed by atoms with van der Waals surface area (Å²) in [5.41, 5.74) is 0.709. The number of carbonyl (C=O) groups is 1. The number of hydrogen-bond acceptors (Lipinski definition) is 6. The van der Waals surface area contributed by atoms with Crippen molar-refractivity contribution in [2.75, 3.05) is 13.7 Å². The highest BCUT2D eigenvalue weighted by atomic mass is 16.6. The monoisotopic (exact) mass is 396 g/mol. The van der Waals surface area contributed by atoms with Crippen LogP contribution in [0.3, 0.4) is 0 Å². The summed E-state index contributed by atoms with van der Waals surface area (Å²) in [6, 6.07) is 12.4. The van der Waals surface area contributed by atoms with Crippen molar-refractivity contribution >= 4 is 11.6 Å². The Labute approximate surface area is 167 Å².